The van der Waals surface area contributed by atoms with E-state index in [-0.39, 0.29) is 0 Å². The molecule has 1 aliphatic carbocycles. The number of ether oxygens (including phenoxy) is 1. The van der Waals surface area contributed by atoms with Gasteiger partial charge in [0, 0.05) is 6.92 Å². The number of methoxy groups -OCH3 is 1. The Morgan fingerprint density at radius 3 is 2.23 bits per heavy atom. The standard InChI is InChI=1S/C8H13F2NO2/c1-7(9,10)8(11,5-3-4-5)6(12)13-2/h5H,3-4,11H2,1-2H3. The molecule has 1 fully saturated rings. The molecule has 13 heavy (non-hydrogen) atoms. The zero-order valence-corrected chi connectivity index (χ0v) is 7.64. The second kappa shape index (κ2) is 2.90. The SMILES string of the molecule is COC(=O)C(N)(C1CC1)C(C)(F)F. The van der Waals surface area contributed by atoms with Crippen LogP contribution in [0.5, 0.6) is 0 Å². The molecular formula is C8H13F2NO2. The number of halogens is 2. The molecule has 0 aromatic carbocycles. The van der Waals surface area contributed by atoms with Gasteiger partial charge >= 0.3 is 5.97 Å². The summed E-state index contributed by atoms with van der Waals surface area (Å²) in [5, 5.41) is 0. The average Bonchev–Trinajstić information content (AvgIpc) is 2.81. The van der Waals surface area contributed by atoms with Gasteiger partial charge in [-0.05, 0) is 18.8 Å². The maximum Gasteiger partial charge on any atom is 0.332 e. The molecule has 1 unspecified atom stereocenters. The van der Waals surface area contributed by atoms with Crippen molar-refractivity contribution < 1.29 is 18.3 Å². The van der Waals surface area contributed by atoms with Crippen LogP contribution in [0.2, 0.25) is 0 Å². The minimum absolute atomic E-state index is 0.444. The van der Waals surface area contributed by atoms with Crippen molar-refractivity contribution >= 4 is 5.97 Å². The van der Waals surface area contributed by atoms with Crippen molar-refractivity contribution in [3.05, 3.63) is 0 Å². The van der Waals surface area contributed by atoms with Crippen LogP contribution in [0.1, 0.15) is 19.8 Å². The highest BCUT2D eigenvalue weighted by molar-refractivity contribution is 5.82. The molecule has 0 radical (unpaired) electrons. The molecule has 1 atom stereocenters. The van der Waals surface area contributed by atoms with E-state index in [1.807, 2.05) is 0 Å². The fraction of sp³-hybridized carbons (Fsp3) is 0.875. The minimum atomic E-state index is -3.23. The van der Waals surface area contributed by atoms with E-state index < -0.39 is 23.3 Å². The lowest BCUT2D eigenvalue weighted by molar-refractivity contribution is -0.165. The molecule has 0 aromatic heterocycles. The van der Waals surface area contributed by atoms with E-state index in [2.05, 4.69) is 4.74 Å². The second-order valence-electron chi connectivity index (χ2n) is 3.52. The number of rotatable bonds is 3. The molecule has 0 aliphatic heterocycles. The molecule has 3 nitrogen and oxygen atoms in total. The Balaban J connectivity index is 2.93. The van der Waals surface area contributed by atoms with Crippen LogP contribution >= 0.6 is 0 Å². The molecule has 1 aliphatic rings. The van der Waals surface area contributed by atoms with Crippen LogP contribution < -0.4 is 5.73 Å². The highest BCUT2D eigenvalue weighted by Gasteiger charge is 2.62. The smallest absolute Gasteiger partial charge is 0.332 e. The summed E-state index contributed by atoms with van der Waals surface area (Å²) >= 11 is 0. The Kier molecular flexibility index (Phi) is 2.32. The van der Waals surface area contributed by atoms with Crippen molar-refractivity contribution in [3.63, 3.8) is 0 Å². The van der Waals surface area contributed by atoms with E-state index in [1.54, 1.807) is 0 Å². The van der Waals surface area contributed by atoms with E-state index in [1.165, 1.54) is 0 Å². The molecule has 76 valence electrons. The van der Waals surface area contributed by atoms with Gasteiger partial charge in [0.1, 0.15) is 0 Å². The number of alkyl halides is 2. The summed E-state index contributed by atoms with van der Waals surface area (Å²) in [5.41, 5.74) is 3.27. The van der Waals surface area contributed by atoms with Crippen molar-refractivity contribution in [2.24, 2.45) is 11.7 Å². The third kappa shape index (κ3) is 1.52. The van der Waals surface area contributed by atoms with Crippen LogP contribution in [0.4, 0.5) is 8.78 Å². The quantitative estimate of drug-likeness (QED) is 0.678. The van der Waals surface area contributed by atoms with Crippen LogP contribution in [0, 0.1) is 5.92 Å². The van der Waals surface area contributed by atoms with Crippen LogP contribution in [0.25, 0.3) is 0 Å². The third-order valence-corrected chi connectivity index (χ3v) is 2.47. The number of hydrogen-bond donors (Lipinski definition) is 1. The number of esters is 1. The first-order valence-corrected chi connectivity index (χ1v) is 4.09. The van der Waals surface area contributed by atoms with Gasteiger partial charge in [-0.2, -0.15) is 0 Å². The molecule has 0 aromatic rings. The predicted octanol–water partition coefficient (Wildman–Crippen LogP) is 0.922. The third-order valence-electron chi connectivity index (χ3n) is 2.47. The van der Waals surface area contributed by atoms with Crippen LogP contribution in [0.3, 0.4) is 0 Å². The Labute approximate surface area is 75.2 Å². The van der Waals surface area contributed by atoms with Gasteiger partial charge in [0.25, 0.3) is 5.92 Å². The molecule has 0 saturated heterocycles. The topological polar surface area (TPSA) is 52.3 Å². The van der Waals surface area contributed by atoms with Gasteiger partial charge in [-0.15, -0.1) is 0 Å². The lowest BCUT2D eigenvalue weighted by atomic mass is 9.88. The summed E-state index contributed by atoms with van der Waals surface area (Å²) in [7, 11) is 1.07. The normalized spacial score (nSPS) is 22.2. The first-order chi connectivity index (χ1) is 5.84. The van der Waals surface area contributed by atoms with Crippen molar-refractivity contribution in [2.75, 3.05) is 7.11 Å². The monoisotopic (exact) mass is 193 g/mol. The van der Waals surface area contributed by atoms with Gasteiger partial charge in [-0.1, -0.05) is 0 Å². The number of hydrogen-bond acceptors (Lipinski definition) is 3. The number of carbonyl (C=O) groups is 1. The zero-order valence-electron chi connectivity index (χ0n) is 7.64. The lowest BCUT2D eigenvalue weighted by Gasteiger charge is -2.32. The number of carbonyl (C=O) groups excluding carboxylic acids is 1. The largest absolute Gasteiger partial charge is 0.467 e. The van der Waals surface area contributed by atoms with E-state index in [0.29, 0.717) is 19.8 Å². The van der Waals surface area contributed by atoms with E-state index >= 15 is 0 Å². The van der Waals surface area contributed by atoms with Gasteiger partial charge in [-0.25, -0.2) is 13.6 Å². The van der Waals surface area contributed by atoms with E-state index in [0.717, 1.165) is 7.11 Å². The van der Waals surface area contributed by atoms with E-state index in [9.17, 15) is 13.6 Å². The van der Waals surface area contributed by atoms with Crippen LogP contribution in [0.15, 0.2) is 0 Å². The van der Waals surface area contributed by atoms with Gasteiger partial charge in [-0.3, -0.25) is 0 Å². The second-order valence-corrected chi connectivity index (χ2v) is 3.52. The summed E-state index contributed by atoms with van der Waals surface area (Å²) in [6, 6.07) is 0. The molecule has 1 rings (SSSR count). The molecule has 0 amide bonds. The van der Waals surface area contributed by atoms with Crippen LogP contribution in [-0.4, -0.2) is 24.5 Å². The molecule has 2 N–H and O–H groups in total. The summed E-state index contributed by atoms with van der Waals surface area (Å²) in [6.45, 7) is 0.655. The Morgan fingerprint density at radius 1 is 1.54 bits per heavy atom. The lowest BCUT2D eigenvalue weighted by Crippen LogP contribution is -2.62. The maximum absolute atomic E-state index is 13.1. The summed E-state index contributed by atoms with van der Waals surface area (Å²) in [4.78, 5) is 11.1. The molecular weight excluding hydrogens is 180 g/mol. The highest BCUT2D eigenvalue weighted by Crippen LogP contribution is 2.46. The number of nitrogens with two attached hydrogens (primary N) is 1. The minimum Gasteiger partial charge on any atom is -0.467 e. The molecule has 0 spiro atoms. The van der Waals surface area contributed by atoms with Crippen LogP contribution in [-0.2, 0) is 9.53 Å². The molecule has 1 saturated carbocycles. The first kappa shape index (κ1) is 10.4. The Hall–Kier alpha value is -0.710. The van der Waals surface area contributed by atoms with Gasteiger partial charge in [0.15, 0.2) is 5.54 Å². The predicted molar refractivity (Wildman–Crippen MR) is 42.3 cm³/mol. The maximum atomic E-state index is 13.1. The fourth-order valence-electron chi connectivity index (χ4n) is 1.41. The van der Waals surface area contributed by atoms with Crippen molar-refractivity contribution in [1.82, 2.24) is 0 Å². The summed E-state index contributed by atoms with van der Waals surface area (Å²) in [5.74, 6) is -4.70. The van der Waals surface area contributed by atoms with Gasteiger partial charge in [0.2, 0.25) is 0 Å². The first-order valence-electron chi connectivity index (χ1n) is 4.09. The van der Waals surface area contributed by atoms with Crippen molar-refractivity contribution in [3.8, 4) is 0 Å². The van der Waals surface area contributed by atoms with Crippen molar-refractivity contribution in [1.29, 1.82) is 0 Å². The van der Waals surface area contributed by atoms with Gasteiger partial charge in [0.05, 0.1) is 7.11 Å². The van der Waals surface area contributed by atoms with Gasteiger partial charge < -0.3 is 10.5 Å². The summed E-state index contributed by atoms with van der Waals surface area (Å²) < 4.78 is 30.4. The Morgan fingerprint density at radius 2 is 2.00 bits per heavy atom. The average molecular weight is 193 g/mol. The molecule has 0 heterocycles. The highest BCUT2D eigenvalue weighted by atomic mass is 19.3. The zero-order chi connectivity index (χ0) is 10.3. The summed E-state index contributed by atoms with van der Waals surface area (Å²) in [6.07, 6.45) is 1.13. The van der Waals surface area contributed by atoms with E-state index in [4.69, 9.17) is 5.73 Å². The Bertz CT molecular complexity index is 223. The van der Waals surface area contributed by atoms with Crippen molar-refractivity contribution in [2.45, 2.75) is 31.2 Å². The molecule has 5 heteroatoms. The fourth-order valence-corrected chi connectivity index (χ4v) is 1.41. The molecule has 0 bridgehead atoms.